The number of ether oxygens (including phenoxy) is 1. The third-order valence-electron chi connectivity index (χ3n) is 2.09. The summed E-state index contributed by atoms with van der Waals surface area (Å²) in [5.41, 5.74) is 0. The summed E-state index contributed by atoms with van der Waals surface area (Å²) in [6.07, 6.45) is 1.29. The second-order valence-corrected chi connectivity index (χ2v) is 3.42. The van der Waals surface area contributed by atoms with Crippen molar-refractivity contribution in [2.75, 3.05) is 7.11 Å². The number of nitrogens with one attached hydrogen (secondary N) is 1. The van der Waals surface area contributed by atoms with Crippen LogP contribution in [0.5, 0.6) is 0 Å². The Morgan fingerprint density at radius 1 is 1.46 bits per heavy atom. The van der Waals surface area contributed by atoms with Crippen molar-refractivity contribution in [3.63, 3.8) is 0 Å². The van der Waals surface area contributed by atoms with Gasteiger partial charge in [0.15, 0.2) is 0 Å². The molecule has 2 atom stereocenters. The summed E-state index contributed by atoms with van der Waals surface area (Å²) in [6, 6.07) is 0.0375. The van der Waals surface area contributed by atoms with Crippen LogP contribution in [0.3, 0.4) is 0 Å². The lowest BCUT2D eigenvalue weighted by Crippen LogP contribution is -2.45. The Kier molecular flexibility index (Phi) is 5.39. The zero-order valence-corrected chi connectivity index (χ0v) is 8.83. The van der Waals surface area contributed by atoms with E-state index < -0.39 is 0 Å². The maximum Gasteiger partial charge on any atom is 0.243 e. The van der Waals surface area contributed by atoms with Crippen LogP contribution in [0.1, 0.15) is 20.8 Å². The van der Waals surface area contributed by atoms with Crippen LogP contribution in [-0.4, -0.2) is 25.2 Å². The van der Waals surface area contributed by atoms with E-state index in [1.807, 2.05) is 20.8 Å². The smallest absolute Gasteiger partial charge is 0.243 e. The Morgan fingerprint density at radius 2 is 2.00 bits per heavy atom. The van der Waals surface area contributed by atoms with Crippen molar-refractivity contribution in [2.45, 2.75) is 32.9 Å². The van der Waals surface area contributed by atoms with Gasteiger partial charge in [0, 0.05) is 7.11 Å². The van der Waals surface area contributed by atoms with Gasteiger partial charge in [-0.05, 0) is 18.9 Å². The molecule has 0 aliphatic heterocycles. The van der Waals surface area contributed by atoms with Gasteiger partial charge in [0.2, 0.25) is 5.91 Å². The van der Waals surface area contributed by atoms with Crippen molar-refractivity contribution >= 4 is 5.91 Å². The Bertz CT molecular complexity index is 178. The summed E-state index contributed by atoms with van der Waals surface area (Å²) < 4.78 is 5.17. The molecular formula is C10H19NO2. The monoisotopic (exact) mass is 185 g/mol. The highest BCUT2D eigenvalue weighted by atomic mass is 16.5. The van der Waals surface area contributed by atoms with E-state index in [1.54, 1.807) is 7.11 Å². The molecule has 0 aliphatic rings. The maximum atomic E-state index is 11.1. The van der Waals surface area contributed by atoms with E-state index >= 15 is 0 Å². The summed E-state index contributed by atoms with van der Waals surface area (Å²) in [6.45, 7) is 9.43. The molecule has 3 nitrogen and oxygen atoms in total. The van der Waals surface area contributed by atoms with E-state index in [4.69, 9.17) is 4.74 Å². The fourth-order valence-electron chi connectivity index (χ4n) is 1.20. The van der Waals surface area contributed by atoms with Crippen LogP contribution in [0.4, 0.5) is 0 Å². The molecule has 0 rings (SSSR count). The Balaban J connectivity index is 4.25. The molecule has 0 aromatic rings. The standard InChI is InChI=1S/C10H19NO2/c1-6-9(12)11-10(7(2)3)8(4)13-5/h6-8,10H,1H2,2-5H3,(H,11,12). The molecule has 3 heteroatoms. The molecule has 0 saturated heterocycles. The zero-order valence-electron chi connectivity index (χ0n) is 8.83. The van der Waals surface area contributed by atoms with Crippen molar-refractivity contribution in [1.82, 2.24) is 5.32 Å². The van der Waals surface area contributed by atoms with Crippen LogP contribution < -0.4 is 5.32 Å². The summed E-state index contributed by atoms with van der Waals surface area (Å²) in [4.78, 5) is 11.1. The van der Waals surface area contributed by atoms with Crippen LogP contribution in [0.25, 0.3) is 0 Å². The molecular weight excluding hydrogens is 166 g/mol. The number of carbonyl (C=O) groups is 1. The summed E-state index contributed by atoms with van der Waals surface area (Å²) in [5.74, 6) is 0.196. The van der Waals surface area contributed by atoms with Gasteiger partial charge >= 0.3 is 0 Å². The molecule has 13 heavy (non-hydrogen) atoms. The molecule has 0 heterocycles. The number of amides is 1. The lowest BCUT2D eigenvalue weighted by Gasteiger charge is -2.26. The van der Waals surface area contributed by atoms with E-state index in [0.29, 0.717) is 5.92 Å². The number of hydrogen-bond donors (Lipinski definition) is 1. The van der Waals surface area contributed by atoms with Gasteiger partial charge in [0.25, 0.3) is 0 Å². The minimum atomic E-state index is -0.150. The molecule has 1 amide bonds. The maximum absolute atomic E-state index is 11.1. The summed E-state index contributed by atoms with van der Waals surface area (Å²) in [7, 11) is 1.64. The minimum absolute atomic E-state index is 0.0175. The number of methoxy groups -OCH3 is 1. The molecule has 0 aliphatic carbocycles. The lowest BCUT2D eigenvalue weighted by atomic mass is 9.99. The Morgan fingerprint density at radius 3 is 2.31 bits per heavy atom. The van der Waals surface area contributed by atoms with Crippen molar-refractivity contribution in [3.8, 4) is 0 Å². The largest absolute Gasteiger partial charge is 0.380 e. The second kappa shape index (κ2) is 5.75. The second-order valence-electron chi connectivity index (χ2n) is 3.42. The van der Waals surface area contributed by atoms with E-state index in [9.17, 15) is 4.79 Å². The normalized spacial score (nSPS) is 15.2. The highest BCUT2D eigenvalue weighted by Crippen LogP contribution is 2.08. The van der Waals surface area contributed by atoms with Crippen molar-refractivity contribution < 1.29 is 9.53 Å². The van der Waals surface area contributed by atoms with Crippen LogP contribution in [0.2, 0.25) is 0 Å². The first-order chi connectivity index (χ1) is 6.02. The Hall–Kier alpha value is -0.830. The molecule has 0 bridgehead atoms. The molecule has 0 saturated carbocycles. The van der Waals surface area contributed by atoms with Gasteiger partial charge in [-0.3, -0.25) is 4.79 Å². The van der Waals surface area contributed by atoms with Gasteiger partial charge < -0.3 is 10.1 Å². The molecule has 0 fully saturated rings. The minimum Gasteiger partial charge on any atom is -0.380 e. The number of rotatable bonds is 5. The first kappa shape index (κ1) is 12.2. The zero-order chi connectivity index (χ0) is 10.4. The first-order valence-corrected chi connectivity index (χ1v) is 4.48. The SMILES string of the molecule is C=CC(=O)NC(C(C)C)C(C)OC. The predicted octanol–water partition coefficient (Wildman–Crippen LogP) is 1.35. The number of hydrogen-bond acceptors (Lipinski definition) is 2. The topological polar surface area (TPSA) is 38.3 Å². The van der Waals surface area contributed by atoms with Crippen LogP contribution in [0, 0.1) is 5.92 Å². The predicted molar refractivity (Wildman–Crippen MR) is 53.4 cm³/mol. The van der Waals surface area contributed by atoms with Gasteiger partial charge in [-0.15, -0.1) is 0 Å². The highest BCUT2D eigenvalue weighted by Gasteiger charge is 2.21. The van der Waals surface area contributed by atoms with Gasteiger partial charge in [0.05, 0.1) is 12.1 Å². The molecule has 0 aromatic carbocycles. The summed E-state index contributed by atoms with van der Waals surface area (Å²) in [5, 5.41) is 2.83. The fraction of sp³-hybridized carbons (Fsp3) is 0.700. The van der Waals surface area contributed by atoms with Gasteiger partial charge in [0.1, 0.15) is 0 Å². The van der Waals surface area contributed by atoms with Crippen LogP contribution in [-0.2, 0) is 9.53 Å². The van der Waals surface area contributed by atoms with Gasteiger partial charge in [-0.1, -0.05) is 20.4 Å². The fourth-order valence-corrected chi connectivity index (χ4v) is 1.20. The van der Waals surface area contributed by atoms with Crippen molar-refractivity contribution in [1.29, 1.82) is 0 Å². The molecule has 0 spiro atoms. The Labute approximate surface area is 80.2 Å². The van der Waals surface area contributed by atoms with Crippen molar-refractivity contribution in [2.24, 2.45) is 5.92 Å². The number of carbonyl (C=O) groups excluding carboxylic acids is 1. The van der Waals surface area contributed by atoms with Crippen molar-refractivity contribution in [3.05, 3.63) is 12.7 Å². The van der Waals surface area contributed by atoms with E-state index in [0.717, 1.165) is 0 Å². The van der Waals surface area contributed by atoms with E-state index in [2.05, 4.69) is 11.9 Å². The quantitative estimate of drug-likeness (QED) is 0.656. The van der Waals surface area contributed by atoms with Crippen LogP contribution >= 0.6 is 0 Å². The molecule has 1 N–H and O–H groups in total. The average Bonchev–Trinajstić information content (AvgIpc) is 2.11. The van der Waals surface area contributed by atoms with E-state index in [-0.39, 0.29) is 18.1 Å². The third-order valence-corrected chi connectivity index (χ3v) is 2.09. The third kappa shape index (κ3) is 4.08. The molecule has 76 valence electrons. The summed E-state index contributed by atoms with van der Waals surface area (Å²) >= 11 is 0. The van der Waals surface area contributed by atoms with Gasteiger partial charge in [-0.25, -0.2) is 0 Å². The lowest BCUT2D eigenvalue weighted by molar-refractivity contribution is -0.118. The molecule has 0 aromatic heterocycles. The van der Waals surface area contributed by atoms with Crippen LogP contribution in [0.15, 0.2) is 12.7 Å². The highest BCUT2D eigenvalue weighted by molar-refractivity contribution is 5.87. The molecule has 0 radical (unpaired) electrons. The van der Waals surface area contributed by atoms with Gasteiger partial charge in [-0.2, -0.15) is 0 Å². The molecule has 2 unspecified atom stereocenters. The average molecular weight is 185 g/mol. The first-order valence-electron chi connectivity index (χ1n) is 4.48. The van der Waals surface area contributed by atoms with E-state index in [1.165, 1.54) is 6.08 Å².